The van der Waals surface area contributed by atoms with Crippen LogP contribution < -0.4 is 10.1 Å². The van der Waals surface area contributed by atoms with Crippen molar-refractivity contribution < 1.29 is 14.3 Å². The van der Waals surface area contributed by atoms with Crippen LogP contribution in [0.25, 0.3) is 0 Å². The molecule has 1 aliphatic rings. The van der Waals surface area contributed by atoms with Crippen molar-refractivity contribution in [2.24, 2.45) is 0 Å². The van der Waals surface area contributed by atoms with Crippen LogP contribution in [0.3, 0.4) is 0 Å². The second-order valence-corrected chi connectivity index (χ2v) is 9.67. The second kappa shape index (κ2) is 12.4. The molecule has 188 valence electrons. The van der Waals surface area contributed by atoms with Crippen LogP contribution in [0.2, 0.25) is 0 Å². The zero-order valence-electron chi connectivity index (χ0n) is 21.3. The molecule has 3 aromatic rings. The Hall–Kier alpha value is -3.60. The van der Waals surface area contributed by atoms with Gasteiger partial charge in [-0.05, 0) is 54.2 Å². The highest BCUT2D eigenvalue weighted by Crippen LogP contribution is 2.22. The first kappa shape index (κ1) is 25.5. The zero-order chi connectivity index (χ0) is 25.3. The van der Waals surface area contributed by atoms with Crippen molar-refractivity contribution in [3.63, 3.8) is 0 Å². The summed E-state index contributed by atoms with van der Waals surface area (Å²) in [4.78, 5) is 29.4. The number of nitrogens with zero attached hydrogens (tertiary/aromatic N) is 1. The van der Waals surface area contributed by atoms with Gasteiger partial charge in [0, 0.05) is 19.0 Å². The minimum absolute atomic E-state index is 0.0640. The van der Waals surface area contributed by atoms with Gasteiger partial charge in [0.1, 0.15) is 11.8 Å². The standard InChI is InChI=1S/C31H36N2O3/c1-23-10-6-7-13-26(23)22-33(30(34)21-25-16-18-28(36-2)19-17-25)29(20-24-11-4-3-5-12-24)31(35)32-27-14-8-9-15-27/h3-7,10-13,16-19,27,29H,8-9,14-15,20-22H2,1-2H3,(H,32,35)/t29-/m0/s1. The molecule has 1 N–H and O–H groups in total. The average Bonchev–Trinajstić information content (AvgIpc) is 3.41. The third-order valence-corrected chi connectivity index (χ3v) is 7.09. The molecule has 3 aromatic carbocycles. The molecular weight excluding hydrogens is 448 g/mol. The fourth-order valence-corrected chi connectivity index (χ4v) is 4.91. The van der Waals surface area contributed by atoms with E-state index in [1.54, 1.807) is 12.0 Å². The Bertz CT molecular complexity index is 1140. The van der Waals surface area contributed by atoms with E-state index >= 15 is 0 Å². The Morgan fingerprint density at radius 2 is 1.58 bits per heavy atom. The van der Waals surface area contributed by atoms with E-state index in [0.29, 0.717) is 13.0 Å². The summed E-state index contributed by atoms with van der Waals surface area (Å²) < 4.78 is 5.26. The summed E-state index contributed by atoms with van der Waals surface area (Å²) in [5, 5.41) is 3.26. The highest BCUT2D eigenvalue weighted by Gasteiger charge is 2.32. The lowest BCUT2D eigenvalue weighted by Gasteiger charge is -2.33. The Balaban J connectivity index is 1.65. The van der Waals surface area contributed by atoms with Gasteiger partial charge < -0.3 is 15.0 Å². The van der Waals surface area contributed by atoms with E-state index in [2.05, 4.69) is 5.32 Å². The predicted molar refractivity (Wildman–Crippen MR) is 143 cm³/mol. The topological polar surface area (TPSA) is 58.6 Å². The molecule has 1 atom stereocenters. The van der Waals surface area contributed by atoms with Crippen molar-refractivity contribution in [3.8, 4) is 5.75 Å². The molecule has 0 spiro atoms. The van der Waals surface area contributed by atoms with E-state index in [0.717, 1.165) is 53.7 Å². The highest BCUT2D eigenvalue weighted by atomic mass is 16.5. The molecule has 0 heterocycles. The first-order valence-corrected chi connectivity index (χ1v) is 12.8. The van der Waals surface area contributed by atoms with Crippen molar-refractivity contribution >= 4 is 11.8 Å². The molecule has 2 amide bonds. The number of hydrogen-bond donors (Lipinski definition) is 1. The van der Waals surface area contributed by atoms with E-state index in [1.807, 2.05) is 85.8 Å². The van der Waals surface area contributed by atoms with Gasteiger partial charge in [0.15, 0.2) is 0 Å². The average molecular weight is 485 g/mol. The molecule has 0 aromatic heterocycles. The molecule has 0 aliphatic heterocycles. The number of carbonyl (C=O) groups is 2. The lowest BCUT2D eigenvalue weighted by Crippen LogP contribution is -2.52. The molecule has 4 rings (SSSR count). The van der Waals surface area contributed by atoms with Crippen molar-refractivity contribution in [3.05, 3.63) is 101 Å². The number of amides is 2. The number of rotatable bonds is 10. The smallest absolute Gasteiger partial charge is 0.243 e. The Labute approximate surface area is 214 Å². The Kier molecular flexibility index (Phi) is 8.77. The molecule has 0 bridgehead atoms. The quantitative estimate of drug-likeness (QED) is 0.428. The predicted octanol–water partition coefficient (Wildman–Crippen LogP) is 5.25. The summed E-state index contributed by atoms with van der Waals surface area (Å²) in [6.07, 6.45) is 4.97. The second-order valence-electron chi connectivity index (χ2n) is 9.67. The van der Waals surface area contributed by atoms with Crippen molar-refractivity contribution in [2.45, 2.75) is 64.1 Å². The Morgan fingerprint density at radius 3 is 2.25 bits per heavy atom. The monoisotopic (exact) mass is 484 g/mol. The SMILES string of the molecule is COc1ccc(CC(=O)N(Cc2ccccc2C)[C@@H](Cc2ccccc2)C(=O)NC2CCCC2)cc1. The van der Waals surface area contributed by atoms with Gasteiger partial charge in [0.05, 0.1) is 13.5 Å². The number of methoxy groups -OCH3 is 1. The summed E-state index contributed by atoms with van der Waals surface area (Å²) in [5.74, 6) is 0.620. The van der Waals surface area contributed by atoms with Crippen LogP contribution in [0.4, 0.5) is 0 Å². The maximum absolute atomic E-state index is 13.9. The van der Waals surface area contributed by atoms with Crippen LogP contribution in [-0.4, -0.2) is 35.9 Å². The number of nitrogens with one attached hydrogen (secondary N) is 1. The van der Waals surface area contributed by atoms with Gasteiger partial charge in [-0.2, -0.15) is 0 Å². The molecular formula is C31H36N2O3. The number of benzene rings is 3. The normalized spacial score (nSPS) is 14.3. The van der Waals surface area contributed by atoms with E-state index in [1.165, 1.54) is 0 Å². The largest absolute Gasteiger partial charge is 0.497 e. The summed E-state index contributed by atoms with van der Waals surface area (Å²) in [6, 6.07) is 25.2. The molecule has 0 radical (unpaired) electrons. The summed E-state index contributed by atoms with van der Waals surface area (Å²) in [6.45, 7) is 2.43. The molecule has 1 aliphatic carbocycles. The van der Waals surface area contributed by atoms with Crippen LogP contribution in [0.1, 0.15) is 47.9 Å². The fraction of sp³-hybridized carbons (Fsp3) is 0.355. The van der Waals surface area contributed by atoms with Gasteiger partial charge in [0.25, 0.3) is 0 Å². The van der Waals surface area contributed by atoms with Crippen LogP contribution in [0.15, 0.2) is 78.9 Å². The molecule has 0 saturated heterocycles. The maximum atomic E-state index is 13.9. The summed E-state index contributed by atoms with van der Waals surface area (Å²) in [7, 11) is 1.63. The van der Waals surface area contributed by atoms with E-state index < -0.39 is 6.04 Å². The first-order chi connectivity index (χ1) is 17.5. The van der Waals surface area contributed by atoms with Gasteiger partial charge >= 0.3 is 0 Å². The molecule has 1 saturated carbocycles. The number of ether oxygens (including phenoxy) is 1. The molecule has 36 heavy (non-hydrogen) atoms. The third-order valence-electron chi connectivity index (χ3n) is 7.09. The van der Waals surface area contributed by atoms with Crippen LogP contribution >= 0.6 is 0 Å². The van der Waals surface area contributed by atoms with Gasteiger partial charge in [-0.1, -0.05) is 79.6 Å². The number of aryl methyl sites for hydroxylation is 1. The minimum atomic E-state index is -0.599. The summed E-state index contributed by atoms with van der Waals surface area (Å²) in [5.41, 5.74) is 4.09. The first-order valence-electron chi connectivity index (χ1n) is 12.8. The van der Waals surface area contributed by atoms with Gasteiger partial charge in [0.2, 0.25) is 11.8 Å². The van der Waals surface area contributed by atoms with Crippen LogP contribution in [0, 0.1) is 6.92 Å². The van der Waals surface area contributed by atoms with Crippen LogP contribution in [-0.2, 0) is 29.0 Å². The van der Waals surface area contributed by atoms with E-state index in [-0.39, 0.29) is 24.3 Å². The van der Waals surface area contributed by atoms with E-state index in [4.69, 9.17) is 4.74 Å². The maximum Gasteiger partial charge on any atom is 0.243 e. The van der Waals surface area contributed by atoms with Gasteiger partial charge in [-0.25, -0.2) is 0 Å². The molecule has 5 nitrogen and oxygen atoms in total. The third kappa shape index (κ3) is 6.75. The van der Waals surface area contributed by atoms with Gasteiger partial charge in [-0.15, -0.1) is 0 Å². The van der Waals surface area contributed by atoms with E-state index in [9.17, 15) is 9.59 Å². The zero-order valence-corrected chi connectivity index (χ0v) is 21.3. The van der Waals surface area contributed by atoms with Gasteiger partial charge in [-0.3, -0.25) is 9.59 Å². The fourth-order valence-electron chi connectivity index (χ4n) is 4.91. The lowest BCUT2D eigenvalue weighted by atomic mass is 10.00. The highest BCUT2D eigenvalue weighted by molar-refractivity contribution is 5.89. The van der Waals surface area contributed by atoms with Crippen LogP contribution in [0.5, 0.6) is 5.75 Å². The number of hydrogen-bond acceptors (Lipinski definition) is 3. The van der Waals surface area contributed by atoms with Crippen molar-refractivity contribution in [1.29, 1.82) is 0 Å². The summed E-state index contributed by atoms with van der Waals surface area (Å²) >= 11 is 0. The molecule has 0 unspecified atom stereocenters. The minimum Gasteiger partial charge on any atom is -0.497 e. The lowest BCUT2D eigenvalue weighted by molar-refractivity contribution is -0.141. The van der Waals surface area contributed by atoms with Crippen molar-refractivity contribution in [1.82, 2.24) is 10.2 Å². The molecule has 5 heteroatoms. The Morgan fingerprint density at radius 1 is 0.917 bits per heavy atom. The molecule has 1 fully saturated rings. The number of carbonyl (C=O) groups excluding carboxylic acids is 2. The van der Waals surface area contributed by atoms with Crippen molar-refractivity contribution in [2.75, 3.05) is 7.11 Å².